The van der Waals surface area contributed by atoms with Crippen LogP contribution in [0.1, 0.15) is 17.7 Å². The number of hydrogen-bond acceptors (Lipinski definition) is 4. The molecule has 84 valence electrons. The van der Waals surface area contributed by atoms with Gasteiger partial charge in [0.2, 0.25) is 0 Å². The van der Waals surface area contributed by atoms with Crippen LogP contribution in [0.5, 0.6) is 0 Å². The molecule has 0 aromatic carbocycles. The monoisotopic (exact) mass is 233 g/mol. The molecule has 1 N–H and O–H groups in total. The van der Waals surface area contributed by atoms with E-state index in [1.165, 1.54) is 17.9 Å². The minimum Gasteiger partial charge on any atom is -0.312 e. The van der Waals surface area contributed by atoms with Gasteiger partial charge in [-0.2, -0.15) is 17.0 Å². The molecule has 4 heteroatoms. The Morgan fingerprint density at radius 3 is 3.31 bits per heavy atom. The molecular formula is C12H15N3S. The summed E-state index contributed by atoms with van der Waals surface area (Å²) in [5.41, 5.74) is 1.63. The average molecular weight is 233 g/mol. The number of hydrogen-bond donors (Lipinski definition) is 1. The molecule has 1 aromatic rings. The van der Waals surface area contributed by atoms with Gasteiger partial charge in [-0.15, -0.1) is 0 Å². The van der Waals surface area contributed by atoms with E-state index in [4.69, 9.17) is 5.26 Å². The lowest BCUT2D eigenvalue weighted by Crippen LogP contribution is -2.22. The molecule has 2 rings (SSSR count). The maximum Gasteiger partial charge on any atom is 0.140 e. The molecule has 1 fully saturated rings. The van der Waals surface area contributed by atoms with E-state index in [0.29, 0.717) is 5.69 Å². The molecule has 1 saturated heterocycles. The number of nitrogens with zero attached hydrogens (tertiary/aromatic N) is 2. The van der Waals surface area contributed by atoms with Crippen LogP contribution in [0.15, 0.2) is 18.3 Å². The van der Waals surface area contributed by atoms with Crippen LogP contribution in [-0.2, 0) is 6.54 Å². The van der Waals surface area contributed by atoms with Gasteiger partial charge in [0, 0.05) is 12.7 Å². The number of pyridine rings is 1. The molecule has 1 aliphatic rings. The second kappa shape index (κ2) is 5.88. The van der Waals surface area contributed by atoms with Crippen molar-refractivity contribution in [2.45, 2.75) is 13.0 Å². The molecule has 2 heterocycles. The summed E-state index contributed by atoms with van der Waals surface area (Å²) in [7, 11) is 0. The maximum atomic E-state index is 8.72. The molecular weight excluding hydrogens is 218 g/mol. The first-order valence-corrected chi connectivity index (χ1v) is 6.67. The molecule has 3 nitrogen and oxygen atoms in total. The lowest BCUT2D eigenvalue weighted by molar-refractivity contribution is 0.523. The largest absolute Gasteiger partial charge is 0.312 e. The van der Waals surface area contributed by atoms with E-state index in [-0.39, 0.29) is 0 Å². The van der Waals surface area contributed by atoms with Crippen molar-refractivity contribution in [2.24, 2.45) is 5.92 Å². The highest BCUT2D eigenvalue weighted by molar-refractivity contribution is 7.99. The second-order valence-corrected chi connectivity index (χ2v) is 5.17. The minimum atomic E-state index is 0.496. The lowest BCUT2D eigenvalue weighted by Gasteiger charge is -2.09. The predicted molar refractivity (Wildman–Crippen MR) is 66.1 cm³/mol. The van der Waals surface area contributed by atoms with Gasteiger partial charge in [0.1, 0.15) is 11.8 Å². The quantitative estimate of drug-likeness (QED) is 0.861. The summed E-state index contributed by atoms with van der Waals surface area (Å²) >= 11 is 2.04. The van der Waals surface area contributed by atoms with Gasteiger partial charge in [-0.1, -0.05) is 0 Å². The fourth-order valence-corrected chi connectivity index (χ4v) is 3.09. The molecule has 0 amide bonds. The molecule has 1 unspecified atom stereocenters. The summed E-state index contributed by atoms with van der Waals surface area (Å²) in [6.07, 6.45) is 3.03. The van der Waals surface area contributed by atoms with Crippen molar-refractivity contribution < 1.29 is 0 Å². The van der Waals surface area contributed by atoms with Gasteiger partial charge in [0.15, 0.2) is 0 Å². The summed E-state index contributed by atoms with van der Waals surface area (Å²) in [6, 6.07) is 5.86. The normalized spacial score (nSPS) is 19.6. The first kappa shape index (κ1) is 11.4. The highest BCUT2D eigenvalue weighted by Crippen LogP contribution is 2.22. The van der Waals surface area contributed by atoms with Crippen LogP contribution in [0, 0.1) is 17.2 Å². The van der Waals surface area contributed by atoms with Crippen LogP contribution < -0.4 is 5.32 Å². The number of thioether (sulfide) groups is 1. The van der Waals surface area contributed by atoms with Gasteiger partial charge in [0.25, 0.3) is 0 Å². The van der Waals surface area contributed by atoms with E-state index in [1.54, 1.807) is 6.20 Å². The van der Waals surface area contributed by atoms with E-state index in [9.17, 15) is 0 Å². The zero-order valence-corrected chi connectivity index (χ0v) is 9.96. The zero-order valence-electron chi connectivity index (χ0n) is 9.15. The smallest absolute Gasteiger partial charge is 0.140 e. The van der Waals surface area contributed by atoms with Gasteiger partial charge >= 0.3 is 0 Å². The number of rotatable bonds is 4. The van der Waals surface area contributed by atoms with E-state index >= 15 is 0 Å². The van der Waals surface area contributed by atoms with Crippen LogP contribution in [0.3, 0.4) is 0 Å². The summed E-state index contributed by atoms with van der Waals surface area (Å²) in [5.74, 6) is 3.41. The number of nitrogens with one attached hydrogen (secondary N) is 1. The van der Waals surface area contributed by atoms with Crippen molar-refractivity contribution in [1.29, 1.82) is 5.26 Å². The molecule has 0 saturated carbocycles. The minimum absolute atomic E-state index is 0.496. The van der Waals surface area contributed by atoms with E-state index < -0.39 is 0 Å². The van der Waals surface area contributed by atoms with Crippen molar-refractivity contribution in [3.8, 4) is 6.07 Å². The summed E-state index contributed by atoms with van der Waals surface area (Å²) in [4.78, 5) is 3.95. The van der Waals surface area contributed by atoms with Gasteiger partial charge in [-0.3, -0.25) is 0 Å². The van der Waals surface area contributed by atoms with Crippen LogP contribution in [0.4, 0.5) is 0 Å². The Balaban J connectivity index is 1.78. The molecule has 0 aliphatic carbocycles. The summed E-state index contributed by atoms with van der Waals surface area (Å²) < 4.78 is 0. The second-order valence-electron chi connectivity index (χ2n) is 4.02. The Hall–Kier alpha value is -1.05. The highest BCUT2D eigenvalue weighted by Gasteiger charge is 2.14. The van der Waals surface area contributed by atoms with Crippen molar-refractivity contribution in [1.82, 2.24) is 10.3 Å². The van der Waals surface area contributed by atoms with Crippen molar-refractivity contribution in [2.75, 3.05) is 18.1 Å². The molecule has 16 heavy (non-hydrogen) atoms. The van der Waals surface area contributed by atoms with Gasteiger partial charge in [0.05, 0.1) is 0 Å². The third kappa shape index (κ3) is 3.22. The van der Waals surface area contributed by atoms with Crippen molar-refractivity contribution in [3.63, 3.8) is 0 Å². The number of aromatic nitrogens is 1. The molecule has 0 bridgehead atoms. The Kier molecular flexibility index (Phi) is 4.20. The Bertz CT molecular complexity index is 380. The van der Waals surface area contributed by atoms with Crippen LogP contribution >= 0.6 is 11.8 Å². The third-order valence-electron chi connectivity index (χ3n) is 2.73. The maximum absolute atomic E-state index is 8.72. The Labute approximate surface area is 100 Å². The lowest BCUT2D eigenvalue weighted by atomic mass is 10.1. The molecule has 1 aromatic heterocycles. The molecule has 0 spiro atoms. The van der Waals surface area contributed by atoms with Crippen LogP contribution in [0.25, 0.3) is 0 Å². The van der Waals surface area contributed by atoms with Gasteiger partial charge in [-0.25, -0.2) is 4.98 Å². The Morgan fingerprint density at radius 1 is 1.62 bits per heavy atom. The molecule has 1 aliphatic heterocycles. The van der Waals surface area contributed by atoms with E-state index in [1.807, 2.05) is 23.9 Å². The zero-order chi connectivity index (χ0) is 11.2. The van der Waals surface area contributed by atoms with E-state index in [2.05, 4.69) is 16.4 Å². The topological polar surface area (TPSA) is 48.7 Å². The average Bonchev–Trinajstić information content (AvgIpc) is 2.82. The van der Waals surface area contributed by atoms with Gasteiger partial charge in [-0.05, 0) is 48.1 Å². The van der Waals surface area contributed by atoms with Crippen molar-refractivity contribution >= 4 is 11.8 Å². The van der Waals surface area contributed by atoms with Crippen LogP contribution in [0.2, 0.25) is 0 Å². The predicted octanol–water partition coefficient (Wildman–Crippen LogP) is 1.80. The number of nitriles is 1. The Morgan fingerprint density at radius 2 is 2.56 bits per heavy atom. The fourth-order valence-electron chi connectivity index (χ4n) is 1.81. The van der Waals surface area contributed by atoms with E-state index in [0.717, 1.165) is 24.6 Å². The third-order valence-corrected chi connectivity index (χ3v) is 3.96. The van der Waals surface area contributed by atoms with Crippen LogP contribution in [-0.4, -0.2) is 23.0 Å². The summed E-state index contributed by atoms with van der Waals surface area (Å²) in [6.45, 7) is 1.91. The van der Waals surface area contributed by atoms with Crippen molar-refractivity contribution in [3.05, 3.63) is 29.6 Å². The molecule has 0 radical (unpaired) electrons. The van der Waals surface area contributed by atoms with Gasteiger partial charge < -0.3 is 5.32 Å². The first-order chi connectivity index (χ1) is 7.88. The first-order valence-electron chi connectivity index (χ1n) is 5.52. The SMILES string of the molecule is N#Cc1cc(CNCC2CCSC2)ccn1. The fraction of sp³-hybridized carbons (Fsp3) is 0.500. The molecule has 1 atom stereocenters. The summed E-state index contributed by atoms with van der Waals surface area (Å²) in [5, 5.41) is 12.2. The highest BCUT2D eigenvalue weighted by atomic mass is 32.2. The standard InChI is InChI=1S/C12H15N3S/c13-6-12-5-10(1-3-15-12)7-14-8-11-2-4-16-9-11/h1,3,5,11,14H,2,4,7-9H2.